The maximum atomic E-state index is 13.6. The van der Waals surface area contributed by atoms with Crippen LogP contribution < -0.4 is 9.64 Å². The number of benzene rings is 3. The molecule has 8 nitrogen and oxygen atoms in total. The van der Waals surface area contributed by atoms with Crippen LogP contribution in [0.4, 0.5) is 10.1 Å². The number of rotatable bonds is 7. The molecule has 36 heavy (non-hydrogen) atoms. The summed E-state index contributed by atoms with van der Waals surface area (Å²) in [5.74, 6) is -1.37. The monoisotopic (exact) mass is 512 g/mol. The first-order chi connectivity index (χ1) is 17.2. The Kier molecular flexibility index (Phi) is 7.37. The summed E-state index contributed by atoms with van der Waals surface area (Å²) in [6, 6.07) is 18.4. The van der Waals surface area contributed by atoms with E-state index in [4.69, 9.17) is 9.47 Å². The zero-order valence-corrected chi connectivity index (χ0v) is 20.6. The number of esters is 1. The van der Waals surface area contributed by atoms with E-state index in [0.717, 1.165) is 9.87 Å². The van der Waals surface area contributed by atoms with Crippen LogP contribution in [0.25, 0.3) is 0 Å². The quantitative estimate of drug-likeness (QED) is 0.451. The van der Waals surface area contributed by atoms with Gasteiger partial charge in [0.25, 0.3) is 0 Å². The molecule has 0 fully saturated rings. The minimum Gasteiger partial charge on any atom is -0.475 e. The molecule has 1 atom stereocenters. The van der Waals surface area contributed by atoms with Crippen molar-refractivity contribution in [1.29, 1.82) is 0 Å². The fourth-order valence-electron chi connectivity index (χ4n) is 3.84. The SMILES string of the molecule is COC(=O)[C@@H]1CN(C(=O)CN(Cc2ccc(F)cc2)S(=O)(=O)c2ccc(C)cc2)c2ccccc2O1. The number of sulfonamides is 1. The molecule has 0 aromatic heterocycles. The van der Waals surface area contributed by atoms with E-state index in [1.165, 1.54) is 48.4 Å². The lowest BCUT2D eigenvalue weighted by Gasteiger charge is -2.34. The number of anilines is 1. The fourth-order valence-corrected chi connectivity index (χ4v) is 5.22. The first-order valence-corrected chi connectivity index (χ1v) is 12.6. The molecule has 0 unspecified atom stereocenters. The normalized spacial score (nSPS) is 15.2. The molecule has 188 valence electrons. The van der Waals surface area contributed by atoms with Gasteiger partial charge in [0.05, 0.1) is 30.8 Å². The third-order valence-corrected chi connectivity index (χ3v) is 7.59. The maximum Gasteiger partial charge on any atom is 0.348 e. The lowest BCUT2D eigenvalue weighted by Crippen LogP contribution is -2.50. The second-order valence-corrected chi connectivity index (χ2v) is 10.3. The third-order valence-electron chi connectivity index (χ3n) is 5.78. The summed E-state index contributed by atoms with van der Waals surface area (Å²) in [6.07, 6.45) is -1.06. The van der Waals surface area contributed by atoms with Crippen molar-refractivity contribution in [3.05, 3.63) is 89.7 Å². The highest BCUT2D eigenvalue weighted by atomic mass is 32.2. The number of amides is 1. The highest BCUT2D eigenvalue weighted by molar-refractivity contribution is 7.89. The molecular weight excluding hydrogens is 487 g/mol. The summed E-state index contributed by atoms with van der Waals surface area (Å²) in [7, 11) is -2.88. The van der Waals surface area contributed by atoms with E-state index in [1.54, 1.807) is 36.4 Å². The molecule has 10 heteroatoms. The Labute approximate surface area is 208 Å². The number of halogens is 1. The number of aryl methyl sites for hydroxylation is 1. The van der Waals surface area contributed by atoms with E-state index in [-0.39, 0.29) is 18.0 Å². The van der Waals surface area contributed by atoms with Crippen LogP contribution in [-0.2, 0) is 30.9 Å². The largest absolute Gasteiger partial charge is 0.475 e. The Bertz CT molecular complexity index is 1360. The Morgan fingerprint density at radius 3 is 2.39 bits per heavy atom. The number of para-hydroxylation sites is 2. The van der Waals surface area contributed by atoms with Gasteiger partial charge in [-0.05, 0) is 48.9 Å². The van der Waals surface area contributed by atoms with E-state index >= 15 is 0 Å². The Morgan fingerprint density at radius 1 is 1.06 bits per heavy atom. The summed E-state index contributed by atoms with van der Waals surface area (Å²) in [4.78, 5) is 27.1. The van der Waals surface area contributed by atoms with E-state index in [0.29, 0.717) is 17.0 Å². The predicted molar refractivity (Wildman–Crippen MR) is 130 cm³/mol. The number of nitrogens with zero attached hydrogens (tertiary/aromatic N) is 2. The average Bonchev–Trinajstić information content (AvgIpc) is 2.88. The van der Waals surface area contributed by atoms with Crippen LogP contribution in [0.15, 0.2) is 77.7 Å². The van der Waals surface area contributed by atoms with Crippen LogP contribution >= 0.6 is 0 Å². The first-order valence-electron chi connectivity index (χ1n) is 11.1. The highest BCUT2D eigenvalue weighted by Crippen LogP contribution is 2.34. The van der Waals surface area contributed by atoms with Gasteiger partial charge in [-0.25, -0.2) is 17.6 Å². The molecule has 0 aliphatic carbocycles. The average molecular weight is 513 g/mol. The summed E-state index contributed by atoms with van der Waals surface area (Å²) in [5.41, 5.74) is 1.81. The van der Waals surface area contributed by atoms with Crippen LogP contribution in [0.3, 0.4) is 0 Å². The lowest BCUT2D eigenvalue weighted by atomic mass is 10.1. The molecule has 1 aliphatic rings. The van der Waals surface area contributed by atoms with Gasteiger partial charge < -0.3 is 14.4 Å². The van der Waals surface area contributed by atoms with Gasteiger partial charge in [-0.3, -0.25) is 4.79 Å². The van der Waals surface area contributed by atoms with Crippen LogP contribution in [0.2, 0.25) is 0 Å². The number of carbonyl (C=O) groups excluding carboxylic acids is 2. The zero-order valence-electron chi connectivity index (χ0n) is 19.8. The zero-order chi connectivity index (χ0) is 25.9. The summed E-state index contributed by atoms with van der Waals surface area (Å²) in [5, 5.41) is 0. The van der Waals surface area contributed by atoms with Crippen LogP contribution in [0, 0.1) is 12.7 Å². The molecule has 0 saturated heterocycles. The first kappa shape index (κ1) is 25.3. The third kappa shape index (κ3) is 5.39. The van der Waals surface area contributed by atoms with Crippen LogP contribution in [-0.4, -0.2) is 50.9 Å². The fraction of sp³-hybridized carbons (Fsp3) is 0.231. The topological polar surface area (TPSA) is 93.2 Å². The van der Waals surface area contributed by atoms with Crippen molar-refractivity contribution < 1.29 is 31.9 Å². The van der Waals surface area contributed by atoms with E-state index in [9.17, 15) is 22.4 Å². The van der Waals surface area contributed by atoms with E-state index in [2.05, 4.69) is 0 Å². The highest BCUT2D eigenvalue weighted by Gasteiger charge is 2.36. The molecule has 3 aromatic carbocycles. The molecule has 0 radical (unpaired) electrons. The van der Waals surface area contributed by atoms with Gasteiger partial charge in [0, 0.05) is 6.54 Å². The van der Waals surface area contributed by atoms with Crippen molar-refractivity contribution in [3.8, 4) is 5.75 Å². The standard InChI is InChI=1S/C26H25FN2O6S/c1-18-7-13-21(14-8-18)36(32,33)28(15-19-9-11-20(27)12-10-19)17-25(30)29-16-24(26(31)34-2)35-23-6-4-3-5-22(23)29/h3-14,24H,15-17H2,1-2H3/t24-/m0/s1. The van der Waals surface area contributed by atoms with Crippen molar-refractivity contribution in [2.24, 2.45) is 0 Å². The second-order valence-electron chi connectivity index (χ2n) is 8.31. The molecule has 1 amide bonds. The minimum absolute atomic E-state index is 0.0258. The molecule has 1 aliphatic heterocycles. The maximum absolute atomic E-state index is 13.6. The second kappa shape index (κ2) is 10.5. The Balaban J connectivity index is 1.68. The number of hydrogen-bond donors (Lipinski definition) is 0. The van der Waals surface area contributed by atoms with Crippen molar-refractivity contribution in [1.82, 2.24) is 4.31 Å². The summed E-state index contributed by atoms with van der Waals surface area (Å²) < 4.78 is 52.1. The Hall–Kier alpha value is -3.76. The van der Waals surface area contributed by atoms with Crippen LogP contribution in [0.1, 0.15) is 11.1 Å². The number of methoxy groups -OCH3 is 1. The van der Waals surface area contributed by atoms with Crippen molar-refractivity contribution in [2.45, 2.75) is 24.5 Å². The van der Waals surface area contributed by atoms with E-state index in [1.807, 2.05) is 6.92 Å². The van der Waals surface area contributed by atoms with Gasteiger partial charge in [-0.1, -0.05) is 42.0 Å². The van der Waals surface area contributed by atoms with Crippen molar-refractivity contribution >= 4 is 27.6 Å². The number of ether oxygens (including phenoxy) is 2. The van der Waals surface area contributed by atoms with Crippen LogP contribution in [0.5, 0.6) is 5.75 Å². The molecule has 0 bridgehead atoms. The molecular formula is C26H25FN2O6S. The van der Waals surface area contributed by atoms with E-state index < -0.39 is 40.4 Å². The summed E-state index contributed by atoms with van der Waals surface area (Å²) >= 11 is 0. The summed E-state index contributed by atoms with van der Waals surface area (Å²) in [6.45, 7) is 1.02. The molecule has 3 aromatic rings. The number of carbonyl (C=O) groups is 2. The lowest BCUT2D eigenvalue weighted by molar-refractivity contribution is -0.148. The minimum atomic E-state index is -4.10. The molecule has 0 saturated carbocycles. The van der Waals surface area contributed by atoms with Gasteiger partial charge in [0.1, 0.15) is 11.6 Å². The number of fused-ring (bicyclic) bond motifs is 1. The van der Waals surface area contributed by atoms with Gasteiger partial charge in [-0.15, -0.1) is 0 Å². The smallest absolute Gasteiger partial charge is 0.348 e. The molecule has 0 N–H and O–H groups in total. The molecule has 1 heterocycles. The molecule has 0 spiro atoms. The van der Waals surface area contributed by atoms with Gasteiger partial charge in [-0.2, -0.15) is 4.31 Å². The van der Waals surface area contributed by atoms with Gasteiger partial charge >= 0.3 is 5.97 Å². The van der Waals surface area contributed by atoms with Gasteiger partial charge in [0.2, 0.25) is 22.0 Å². The van der Waals surface area contributed by atoms with Crippen molar-refractivity contribution in [2.75, 3.05) is 25.1 Å². The predicted octanol–water partition coefficient (Wildman–Crippen LogP) is 3.29. The number of hydrogen-bond acceptors (Lipinski definition) is 6. The van der Waals surface area contributed by atoms with Crippen molar-refractivity contribution in [3.63, 3.8) is 0 Å². The Morgan fingerprint density at radius 2 is 1.72 bits per heavy atom. The van der Waals surface area contributed by atoms with Gasteiger partial charge in [0.15, 0.2) is 0 Å². The molecule has 4 rings (SSSR count).